The number of non-ortho nitro benzene ring substituents is 1. The monoisotopic (exact) mass is 401 g/mol. The predicted molar refractivity (Wildman–Crippen MR) is 102 cm³/mol. The van der Waals surface area contributed by atoms with Crippen LogP contribution in [0.25, 0.3) is 10.8 Å². The van der Waals surface area contributed by atoms with Crippen LogP contribution in [0, 0.1) is 10.1 Å². The zero-order valence-corrected chi connectivity index (χ0v) is 15.4. The molecule has 0 bridgehead atoms. The summed E-state index contributed by atoms with van der Waals surface area (Å²) in [7, 11) is -4.48. The second-order valence-corrected chi connectivity index (χ2v) is 7.27. The Morgan fingerprint density at radius 2 is 1.82 bits per heavy atom. The van der Waals surface area contributed by atoms with Gasteiger partial charge >= 0.3 is 0 Å². The van der Waals surface area contributed by atoms with E-state index in [9.17, 15) is 28.2 Å². The number of aromatic hydroxyl groups is 1. The summed E-state index contributed by atoms with van der Waals surface area (Å²) in [5, 5.41) is 29.6. The average Bonchev–Trinajstić information content (AvgIpc) is 2.65. The van der Waals surface area contributed by atoms with Gasteiger partial charge in [-0.05, 0) is 30.2 Å². The molecule has 10 heteroatoms. The fourth-order valence-electron chi connectivity index (χ4n) is 2.79. The van der Waals surface area contributed by atoms with Crippen molar-refractivity contribution in [1.82, 2.24) is 0 Å². The molecule has 0 fully saturated rings. The first-order valence-corrected chi connectivity index (χ1v) is 9.57. The molecular weight excluding hydrogens is 386 g/mol. The quantitative estimate of drug-likeness (QED) is 0.275. The van der Waals surface area contributed by atoms with Crippen molar-refractivity contribution in [2.45, 2.75) is 18.2 Å². The average molecular weight is 401 g/mol. The van der Waals surface area contributed by atoms with Crippen molar-refractivity contribution in [3.63, 3.8) is 0 Å². The summed E-state index contributed by atoms with van der Waals surface area (Å²) in [4.78, 5) is 10.1. The van der Waals surface area contributed by atoms with Crippen molar-refractivity contribution >= 4 is 38.0 Å². The molecule has 3 rings (SSSR count). The Balaban J connectivity index is 2.19. The minimum Gasteiger partial charge on any atom is -0.506 e. The molecule has 0 amide bonds. The van der Waals surface area contributed by atoms with Crippen LogP contribution in [-0.2, 0) is 16.5 Å². The molecule has 0 saturated carbocycles. The summed E-state index contributed by atoms with van der Waals surface area (Å²) in [6, 6.07) is 10.9. The van der Waals surface area contributed by atoms with Gasteiger partial charge < -0.3 is 5.11 Å². The third-order valence-corrected chi connectivity index (χ3v) is 5.08. The van der Waals surface area contributed by atoms with Crippen LogP contribution in [0.5, 0.6) is 5.75 Å². The number of aryl methyl sites for hydroxylation is 1. The summed E-state index contributed by atoms with van der Waals surface area (Å²) >= 11 is 0. The van der Waals surface area contributed by atoms with Gasteiger partial charge in [0.25, 0.3) is 15.8 Å². The highest BCUT2D eigenvalue weighted by atomic mass is 32.2. The number of nitro benzene ring substituents is 1. The fourth-order valence-corrected chi connectivity index (χ4v) is 3.50. The molecule has 0 heterocycles. The fraction of sp³-hybridized carbons (Fsp3) is 0.111. The molecule has 0 spiro atoms. The molecular formula is C18H15N3O6S. The lowest BCUT2D eigenvalue weighted by Gasteiger charge is -2.08. The maximum Gasteiger partial charge on any atom is 0.295 e. The number of hydrogen-bond acceptors (Lipinski definition) is 7. The van der Waals surface area contributed by atoms with Gasteiger partial charge in [-0.2, -0.15) is 8.42 Å². The molecule has 3 aromatic carbocycles. The molecule has 0 aliphatic rings. The largest absolute Gasteiger partial charge is 0.506 e. The smallest absolute Gasteiger partial charge is 0.295 e. The molecule has 0 unspecified atom stereocenters. The van der Waals surface area contributed by atoms with Crippen molar-refractivity contribution in [2.75, 3.05) is 0 Å². The minimum absolute atomic E-state index is 0.0171. The zero-order chi connectivity index (χ0) is 20.5. The van der Waals surface area contributed by atoms with Crippen molar-refractivity contribution in [3.8, 4) is 5.75 Å². The van der Waals surface area contributed by atoms with Crippen LogP contribution in [0.3, 0.4) is 0 Å². The highest BCUT2D eigenvalue weighted by molar-refractivity contribution is 7.86. The maximum absolute atomic E-state index is 11.6. The number of fused-ring (bicyclic) bond motifs is 1. The van der Waals surface area contributed by atoms with Crippen molar-refractivity contribution in [3.05, 3.63) is 64.2 Å². The number of nitro groups is 1. The van der Waals surface area contributed by atoms with Gasteiger partial charge in [0.1, 0.15) is 16.3 Å². The van der Waals surface area contributed by atoms with Crippen LogP contribution in [0.15, 0.2) is 63.7 Å². The number of phenols is 1. The van der Waals surface area contributed by atoms with Gasteiger partial charge in [0.15, 0.2) is 0 Å². The molecule has 0 aliphatic carbocycles. The van der Waals surface area contributed by atoms with Gasteiger partial charge in [0.2, 0.25) is 0 Å². The molecule has 0 aliphatic heterocycles. The molecule has 144 valence electrons. The van der Waals surface area contributed by atoms with Crippen LogP contribution >= 0.6 is 0 Å². The van der Waals surface area contributed by atoms with E-state index in [1.54, 1.807) is 6.07 Å². The molecule has 0 radical (unpaired) electrons. The first-order chi connectivity index (χ1) is 13.2. The van der Waals surface area contributed by atoms with Gasteiger partial charge in [0.05, 0.1) is 10.6 Å². The van der Waals surface area contributed by atoms with E-state index in [2.05, 4.69) is 10.2 Å². The normalized spacial score (nSPS) is 11.9. The molecule has 0 atom stereocenters. The summed E-state index contributed by atoms with van der Waals surface area (Å²) in [6.07, 6.45) is 0.556. The molecule has 28 heavy (non-hydrogen) atoms. The summed E-state index contributed by atoms with van der Waals surface area (Å²) in [5.41, 5.74) is 0.810. The molecule has 9 nitrogen and oxygen atoms in total. The predicted octanol–water partition coefficient (Wildman–Crippen LogP) is 4.68. The molecule has 0 aromatic heterocycles. The van der Waals surface area contributed by atoms with E-state index in [1.807, 2.05) is 6.92 Å². The second-order valence-electron chi connectivity index (χ2n) is 5.88. The molecule has 3 aromatic rings. The lowest BCUT2D eigenvalue weighted by Crippen LogP contribution is -1.98. The third-order valence-electron chi connectivity index (χ3n) is 4.17. The Bertz CT molecular complexity index is 1220. The lowest BCUT2D eigenvalue weighted by atomic mass is 10.1. The lowest BCUT2D eigenvalue weighted by molar-refractivity contribution is -0.384. The van der Waals surface area contributed by atoms with Gasteiger partial charge in [0, 0.05) is 22.9 Å². The second kappa shape index (κ2) is 7.33. The van der Waals surface area contributed by atoms with Crippen LogP contribution in [0.4, 0.5) is 17.1 Å². The van der Waals surface area contributed by atoms with E-state index in [0.29, 0.717) is 12.0 Å². The van der Waals surface area contributed by atoms with Gasteiger partial charge in [-0.1, -0.05) is 25.1 Å². The zero-order valence-electron chi connectivity index (χ0n) is 14.6. The third kappa shape index (κ3) is 3.68. The van der Waals surface area contributed by atoms with Crippen LogP contribution in [-0.4, -0.2) is 23.0 Å². The number of hydrogen-bond donors (Lipinski definition) is 2. The Labute approximate surface area is 159 Å². The standard InChI is InChI=1S/C18H15N3O6S/c1-2-11-6-7-12(21(23)24)10-15(11)19-20-18-14-4-3-5-17(28(25,26)27)13(14)8-9-16(18)22/h3-10,22H,2H2,1H3,(H,25,26,27). The van der Waals surface area contributed by atoms with E-state index in [0.717, 1.165) is 0 Å². The van der Waals surface area contributed by atoms with E-state index in [4.69, 9.17) is 0 Å². The van der Waals surface area contributed by atoms with E-state index >= 15 is 0 Å². The van der Waals surface area contributed by atoms with E-state index in [-0.39, 0.29) is 38.5 Å². The number of rotatable bonds is 5. The first kappa shape index (κ1) is 19.4. The van der Waals surface area contributed by atoms with Gasteiger partial charge in [-0.15, -0.1) is 10.2 Å². The van der Waals surface area contributed by atoms with Crippen LogP contribution in [0.2, 0.25) is 0 Å². The Morgan fingerprint density at radius 1 is 1.07 bits per heavy atom. The van der Waals surface area contributed by atoms with E-state index < -0.39 is 15.0 Å². The number of nitrogens with zero attached hydrogens (tertiary/aromatic N) is 3. The van der Waals surface area contributed by atoms with Crippen LogP contribution in [0.1, 0.15) is 12.5 Å². The SMILES string of the molecule is CCc1ccc([N+](=O)[O-])cc1N=Nc1c(O)ccc2c(S(=O)(=O)O)cccc12. The minimum atomic E-state index is -4.48. The summed E-state index contributed by atoms with van der Waals surface area (Å²) in [5.74, 6) is -0.257. The number of benzene rings is 3. The van der Waals surface area contributed by atoms with Gasteiger partial charge in [-0.3, -0.25) is 14.7 Å². The summed E-state index contributed by atoms with van der Waals surface area (Å²) in [6.45, 7) is 1.86. The molecule has 0 saturated heterocycles. The number of azo groups is 1. The topological polar surface area (TPSA) is 142 Å². The maximum atomic E-state index is 11.6. The van der Waals surface area contributed by atoms with Crippen molar-refractivity contribution < 1.29 is 23.0 Å². The van der Waals surface area contributed by atoms with Gasteiger partial charge in [-0.25, -0.2) is 0 Å². The Hall–Kier alpha value is -3.37. The molecule has 2 N–H and O–H groups in total. The Kier molecular flexibility index (Phi) is 5.08. The Morgan fingerprint density at radius 3 is 2.46 bits per heavy atom. The van der Waals surface area contributed by atoms with Crippen molar-refractivity contribution in [2.24, 2.45) is 10.2 Å². The first-order valence-electron chi connectivity index (χ1n) is 8.13. The van der Waals surface area contributed by atoms with Crippen LogP contribution < -0.4 is 0 Å². The summed E-state index contributed by atoms with van der Waals surface area (Å²) < 4.78 is 32.6. The number of phenolic OH excluding ortho intramolecular Hbond substituents is 1. The highest BCUT2D eigenvalue weighted by Crippen LogP contribution is 2.39. The van der Waals surface area contributed by atoms with Crippen molar-refractivity contribution in [1.29, 1.82) is 0 Å². The van der Waals surface area contributed by atoms with E-state index in [1.165, 1.54) is 42.5 Å². The highest BCUT2D eigenvalue weighted by Gasteiger charge is 2.17.